The van der Waals surface area contributed by atoms with Crippen LogP contribution in [-0.4, -0.2) is 74.7 Å². The summed E-state index contributed by atoms with van der Waals surface area (Å²) in [5.74, 6) is 1.06. The standard InChI is InChI=1S/C20H31N5O2.HI/c1-21-20(22-8-10-24-11-13-27-14-12-24)23-15-17-5-2-3-6-18(17)16-25-9-4-7-19(25)26;/h2-3,5-6H,4,7-16H2,1H3,(H2,21,22,23);1H. The van der Waals surface area contributed by atoms with Gasteiger partial charge in [0.25, 0.3) is 0 Å². The summed E-state index contributed by atoms with van der Waals surface area (Å²) in [6, 6.07) is 8.30. The number of nitrogens with zero attached hydrogens (tertiary/aromatic N) is 3. The Kier molecular flexibility index (Phi) is 10.0. The van der Waals surface area contributed by atoms with E-state index in [1.54, 1.807) is 7.05 Å². The Hall–Kier alpha value is -1.39. The zero-order valence-corrected chi connectivity index (χ0v) is 19.0. The average molecular weight is 501 g/mol. The molecule has 1 aromatic carbocycles. The highest BCUT2D eigenvalue weighted by Gasteiger charge is 2.20. The zero-order valence-electron chi connectivity index (χ0n) is 16.7. The van der Waals surface area contributed by atoms with Crippen molar-refractivity contribution in [3.63, 3.8) is 0 Å². The maximum Gasteiger partial charge on any atom is 0.222 e. The Morgan fingerprint density at radius 2 is 1.89 bits per heavy atom. The largest absolute Gasteiger partial charge is 0.379 e. The van der Waals surface area contributed by atoms with E-state index >= 15 is 0 Å². The number of nitrogens with one attached hydrogen (secondary N) is 2. The highest BCUT2D eigenvalue weighted by Crippen LogP contribution is 2.17. The lowest BCUT2D eigenvalue weighted by Gasteiger charge is -2.26. The Bertz CT molecular complexity index is 649. The van der Waals surface area contributed by atoms with Gasteiger partial charge in [-0.1, -0.05) is 24.3 Å². The van der Waals surface area contributed by atoms with E-state index in [4.69, 9.17) is 4.74 Å². The van der Waals surface area contributed by atoms with Crippen molar-refractivity contribution in [3.05, 3.63) is 35.4 Å². The van der Waals surface area contributed by atoms with E-state index in [2.05, 4.69) is 32.7 Å². The number of halogens is 1. The highest BCUT2D eigenvalue weighted by molar-refractivity contribution is 14.0. The molecular formula is C20H32IN5O2. The lowest BCUT2D eigenvalue weighted by Crippen LogP contribution is -2.44. The quantitative estimate of drug-likeness (QED) is 0.336. The van der Waals surface area contributed by atoms with E-state index in [-0.39, 0.29) is 29.9 Å². The average Bonchev–Trinajstić information content (AvgIpc) is 3.11. The van der Waals surface area contributed by atoms with Crippen LogP contribution in [0.2, 0.25) is 0 Å². The number of carbonyl (C=O) groups is 1. The van der Waals surface area contributed by atoms with Gasteiger partial charge in [-0.05, 0) is 17.5 Å². The molecule has 2 fully saturated rings. The molecule has 28 heavy (non-hydrogen) atoms. The molecule has 2 saturated heterocycles. The minimum Gasteiger partial charge on any atom is -0.379 e. The number of rotatable bonds is 7. The maximum atomic E-state index is 11.9. The molecule has 0 aromatic heterocycles. The first-order valence-electron chi connectivity index (χ1n) is 9.85. The fourth-order valence-electron chi connectivity index (χ4n) is 3.52. The normalized spacial score (nSPS) is 18.1. The van der Waals surface area contributed by atoms with Crippen LogP contribution < -0.4 is 10.6 Å². The Balaban J connectivity index is 0.00000280. The predicted octanol–water partition coefficient (Wildman–Crippen LogP) is 1.42. The fraction of sp³-hybridized carbons (Fsp3) is 0.600. The minimum absolute atomic E-state index is 0. The molecule has 0 radical (unpaired) electrons. The summed E-state index contributed by atoms with van der Waals surface area (Å²) >= 11 is 0. The van der Waals surface area contributed by atoms with Crippen LogP contribution in [0.4, 0.5) is 0 Å². The van der Waals surface area contributed by atoms with Crippen LogP contribution in [0.1, 0.15) is 24.0 Å². The van der Waals surface area contributed by atoms with Gasteiger partial charge in [-0.2, -0.15) is 0 Å². The molecule has 0 unspecified atom stereocenters. The van der Waals surface area contributed by atoms with Crippen molar-refractivity contribution in [1.29, 1.82) is 0 Å². The topological polar surface area (TPSA) is 69.2 Å². The number of morpholine rings is 1. The smallest absolute Gasteiger partial charge is 0.222 e. The van der Waals surface area contributed by atoms with Crippen LogP contribution in [0.25, 0.3) is 0 Å². The van der Waals surface area contributed by atoms with Gasteiger partial charge in [0.2, 0.25) is 5.91 Å². The third-order valence-corrected chi connectivity index (χ3v) is 5.15. The van der Waals surface area contributed by atoms with Gasteiger partial charge in [0.15, 0.2) is 5.96 Å². The zero-order chi connectivity index (χ0) is 18.9. The van der Waals surface area contributed by atoms with Gasteiger partial charge in [-0.3, -0.25) is 14.7 Å². The number of amides is 1. The lowest BCUT2D eigenvalue weighted by molar-refractivity contribution is -0.128. The molecule has 0 spiro atoms. The predicted molar refractivity (Wildman–Crippen MR) is 122 cm³/mol. The molecule has 1 aromatic rings. The molecule has 3 rings (SSSR count). The minimum atomic E-state index is 0. The summed E-state index contributed by atoms with van der Waals surface area (Å²) in [7, 11) is 1.79. The van der Waals surface area contributed by atoms with Gasteiger partial charge in [0, 0.05) is 59.3 Å². The van der Waals surface area contributed by atoms with Gasteiger partial charge >= 0.3 is 0 Å². The van der Waals surface area contributed by atoms with Gasteiger partial charge in [0.1, 0.15) is 0 Å². The third-order valence-electron chi connectivity index (χ3n) is 5.15. The molecule has 0 atom stereocenters. The first-order valence-corrected chi connectivity index (χ1v) is 9.85. The molecule has 0 bridgehead atoms. The Morgan fingerprint density at radius 3 is 2.57 bits per heavy atom. The van der Waals surface area contributed by atoms with Gasteiger partial charge < -0.3 is 20.3 Å². The van der Waals surface area contributed by atoms with Crippen LogP contribution >= 0.6 is 24.0 Å². The summed E-state index contributed by atoms with van der Waals surface area (Å²) in [4.78, 5) is 20.6. The SMILES string of the molecule is CN=C(NCCN1CCOCC1)NCc1ccccc1CN1CCCC1=O.I. The second kappa shape index (κ2) is 12.2. The molecule has 0 aliphatic carbocycles. The second-order valence-electron chi connectivity index (χ2n) is 6.99. The Labute approximate surface area is 184 Å². The number of carbonyl (C=O) groups excluding carboxylic acids is 1. The van der Waals surface area contributed by atoms with Crippen LogP contribution in [0, 0.1) is 0 Å². The summed E-state index contributed by atoms with van der Waals surface area (Å²) in [6.07, 6.45) is 1.65. The van der Waals surface area contributed by atoms with Crippen LogP contribution in [0.5, 0.6) is 0 Å². The van der Waals surface area contributed by atoms with Crippen molar-refractivity contribution in [2.24, 2.45) is 4.99 Å². The van der Waals surface area contributed by atoms with E-state index in [1.807, 2.05) is 17.0 Å². The van der Waals surface area contributed by atoms with Gasteiger partial charge in [0.05, 0.1) is 13.2 Å². The molecule has 2 aliphatic heterocycles. The third kappa shape index (κ3) is 6.89. The van der Waals surface area contributed by atoms with E-state index in [1.165, 1.54) is 11.1 Å². The van der Waals surface area contributed by atoms with E-state index < -0.39 is 0 Å². The van der Waals surface area contributed by atoms with Crippen molar-refractivity contribution in [2.45, 2.75) is 25.9 Å². The number of guanidine groups is 1. The summed E-state index contributed by atoms with van der Waals surface area (Å²) in [6.45, 7) is 7.72. The van der Waals surface area contributed by atoms with Gasteiger partial charge in [-0.25, -0.2) is 0 Å². The molecule has 0 saturated carbocycles. The summed E-state index contributed by atoms with van der Waals surface area (Å²) in [5, 5.41) is 6.77. The van der Waals surface area contributed by atoms with Crippen molar-refractivity contribution in [2.75, 3.05) is 53.0 Å². The molecule has 7 nitrogen and oxygen atoms in total. The lowest BCUT2D eigenvalue weighted by atomic mass is 10.1. The van der Waals surface area contributed by atoms with Crippen LogP contribution in [-0.2, 0) is 22.6 Å². The summed E-state index contributed by atoms with van der Waals surface area (Å²) < 4.78 is 5.38. The van der Waals surface area contributed by atoms with E-state index in [0.717, 1.165) is 58.3 Å². The number of hydrogen-bond acceptors (Lipinski definition) is 4. The monoisotopic (exact) mass is 501 g/mol. The van der Waals surface area contributed by atoms with Crippen molar-refractivity contribution < 1.29 is 9.53 Å². The molecule has 2 N–H and O–H groups in total. The molecule has 1 amide bonds. The molecule has 2 heterocycles. The molecule has 8 heteroatoms. The summed E-state index contributed by atoms with van der Waals surface area (Å²) in [5.41, 5.74) is 2.40. The first-order chi connectivity index (χ1) is 13.3. The Morgan fingerprint density at radius 1 is 1.14 bits per heavy atom. The number of benzene rings is 1. The van der Waals surface area contributed by atoms with E-state index in [0.29, 0.717) is 19.5 Å². The van der Waals surface area contributed by atoms with Crippen molar-refractivity contribution >= 4 is 35.8 Å². The number of ether oxygens (including phenoxy) is 1. The highest BCUT2D eigenvalue weighted by atomic mass is 127. The molecule has 2 aliphatic rings. The fourth-order valence-corrected chi connectivity index (χ4v) is 3.52. The molecule has 156 valence electrons. The van der Waals surface area contributed by atoms with Crippen molar-refractivity contribution in [3.8, 4) is 0 Å². The number of aliphatic imine (C=N–C) groups is 1. The van der Waals surface area contributed by atoms with Crippen molar-refractivity contribution in [1.82, 2.24) is 20.4 Å². The van der Waals surface area contributed by atoms with E-state index in [9.17, 15) is 4.79 Å². The molecular weight excluding hydrogens is 469 g/mol. The van der Waals surface area contributed by atoms with Gasteiger partial charge in [-0.15, -0.1) is 24.0 Å². The number of likely N-dealkylation sites (tertiary alicyclic amines) is 1. The van der Waals surface area contributed by atoms with Crippen LogP contribution in [0.3, 0.4) is 0 Å². The maximum absolute atomic E-state index is 11.9. The van der Waals surface area contributed by atoms with Crippen LogP contribution in [0.15, 0.2) is 29.3 Å². The first kappa shape index (κ1) is 22.9. The number of hydrogen-bond donors (Lipinski definition) is 2. The second-order valence-corrected chi connectivity index (χ2v) is 6.99.